The van der Waals surface area contributed by atoms with Crippen molar-refractivity contribution in [1.29, 1.82) is 0 Å². The van der Waals surface area contributed by atoms with Gasteiger partial charge in [-0.15, -0.1) is 0 Å². The predicted molar refractivity (Wildman–Crippen MR) is 151 cm³/mol. The third-order valence-electron chi connectivity index (χ3n) is 7.42. The van der Waals surface area contributed by atoms with Crippen LogP contribution in [0.5, 0.6) is 0 Å². The average molecular weight is 677 g/mol. The van der Waals surface area contributed by atoms with Crippen LogP contribution in [0.15, 0.2) is 25.3 Å². The molecule has 23 heteroatoms. The zero-order chi connectivity index (χ0) is 30.3. The Hall–Kier alpha value is -2.42. The maximum Gasteiger partial charge on any atom is 0.387 e. The van der Waals surface area contributed by atoms with Crippen molar-refractivity contribution >= 4 is 70.7 Å². The van der Waals surface area contributed by atoms with Gasteiger partial charge in [0, 0.05) is 12.2 Å². The van der Waals surface area contributed by atoms with Crippen LogP contribution in [0.3, 0.4) is 0 Å². The number of aliphatic hydroxyl groups is 1. The van der Waals surface area contributed by atoms with Gasteiger partial charge >= 0.3 is 13.5 Å². The van der Waals surface area contributed by atoms with E-state index >= 15 is 4.39 Å². The van der Waals surface area contributed by atoms with Gasteiger partial charge in [-0.1, -0.05) is 0 Å². The second kappa shape index (κ2) is 10.6. The second-order valence-electron chi connectivity index (χ2n) is 9.99. The summed E-state index contributed by atoms with van der Waals surface area (Å²) in [6.07, 6.45) is -5.34. The van der Waals surface area contributed by atoms with Gasteiger partial charge < -0.3 is 40.2 Å². The molecule has 230 valence electrons. The van der Waals surface area contributed by atoms with E-state index in [-0.39, 0.29) is 46.1 Å². The average Bonchev–Trinajstić information content (AvgIpc) is 3.70. The summed E-state index contributed by atoms with van der Waals surface area (Å²) in [5, 5.41) is 11.2. The molecule has 0 spiro atoms. The van der Waals surface area contributed by atoms with Crippen molar-refractivity contribution in [1.82, 2.24) is 39.0 Å². The van der Waals surface area contributed by atoms with Crippen LogP contribution in [-0.4, -0.2) is 96.4 Å². The number of halogens is 1. The number of fused-ring (bicyclic) bond motifs is 5. The van der Waals surface area contributed by atoms with E-state index in [4.69, 9.17) is 41.6 Å². The van der Waals surface area contributed by atoms with Gasteiger partial charge in [-0.3, -0.25) is 13.6 Å². The van der Waals surface area contributed by atoms with Crippen LogP contribution in [0, 0.1) is 0 Å². The topological polar surface area (TPSA) is 254 Å². The number of rotatable bonds is 2. The van der Waals surface area contributed by atoms with Crippen LogP contribution in [0.25, 0.3) is 22.3 Å². The van der Waals surface area contributed by atoms with E-state index in [1.165, 1.54) is 34.4 Å². The molecule has 4 aromatic rings. The van der Waals surface area contributed by atoms with Gasteiger partial charge in [0.05, 0.1) is 30.9 Å². The Bertz CT molecular complexity index is 1820. The normalized spacial score (nSPS) is 38.6. The molecule has 7 rings (SSSR count). The summed E-state index contributed by atoms with van der Waals surface area (Å²) in [7, 11) is 0. The molecule has 10 atom stereocenters. The van der Waals surface area contributed by atoms with Gasteiger partial charge in [0.15, 0.2) is 35.3 Å². The molecule has 4 aromatic heterocycles. The molecule has 43 heavy (non-hydrogen) atoms. The monoisotopic (exact) mass is 676 g/mol. The summed E-state index contributed by atoms with van der Waals surface area (Å²) in [4.78, 5) is 46.3. The molecule has 0 aromatic carbocycles. The van der Waals surface area contributed by atoms with Gasteiger partial charge in [-0.05, 0) is 23.2 Å². The minimum absolute atomic E-state index is 0.0691. The van der Waals surface area contributed by atoms with Crippen molar-refractivity contribution in [3.8, 4) is 0 Å². The highest BCUT2D eigenvalue weighted by Gasteiger charge is 2.54. The maximum atomic E-state index is 16.1. The fourth-order valence-electron chi connectivity index (χ4n) is 5.51. The lowest BCUT2D eigenvalue weighted by atomic mass is 10.2. The SMILES string of the molecule is Nc1ncnc2c1ncn2[C@@H]1C[C@@H]2OP(O)(=S)O[C@H]3[C@@H](F)[C@H](n4cnc5c(N)ncnc54)O[C@@H]3CSP(=O)(O)O[C@@H]1[C@@H]2O. The van der Waals surface area contributed by atoms with Crippen molar-refractivity contribution in [2.24, 2.45) is 0 Å². The lowest BCUT2D eigenvalue weighted by molar-refractivity contribution is -0.0231. The Morgan fingerprint density at radius 2 is 1.56 bits per heavy atom. The van der Waals surface area contributed by atoms with Crippen LogP contribution in [0.4, 0.5) is 16.0 Å². The predicted octanol–water partition coefficient (Wildman–Crippen LogP) is 0.591. The standard InChI is InChI=1S/C20H23FN10O8P2S2/c21-10-15-9(36-20(10)31-6-29-12-17(23)25-4-27-19(12)31)2-43-40(33,34)38-14-7(1-8(13(14)32)37-41(35,42)39-15)30-5-28-11-16(22)24-3-26-18(11)30/h3-10,13-15,20,32H,1-2H2,(H,33,34)(H,35,42)(H2,22,24,26)(H2,23,25,27)/t7-,8+,9-,10-,13-,14+,15-,20-,41?/m1/s1. The Kier molecular flexibility index (Phi) is 7.22. The molecule has 2 unspecified atom stereocenters. The molecule has 3 aliphatic rings. The van der Waals surface area contributed by atoms with Crippen molar-refractivity contribution in [3.05, 3.63) is 25.3 Å². The molecular weight excluding hydrogens is 653 g/mol. The molecular formula is C20H23FN10O8P2S2. The number of hydrogen-bond donors (Lipinski definition) is 5. The van der Waals surface area contributed by atoms with E-state index < -0.39 is 62.5 Å². The first kappa shape index (κ1) is 29.3. The molecule has 1 aliphatic carbocycles. The minimum Gasteiger partial charge on any atom is -0.388 e. The maximum absolute atomic E-state index is 16.1. The minimum atomic E-state index is -4.54. The summed E-state index contributed by atoms with van der Waals surface area (Å²) in [6.45, 7) is -8.81. The molecule has 0 radical (unpaired) electrons. The van der Waals surface area contributed by atoms with Gasteiger partial charge in [-0.25, -0.2) is 38.9 Å². The number of aromatic nitrogens is 8. The van der Waals surface area contributed by atoms with E-state index in [2.05, 4.69) is 29.9 Å². The van der Waals surface area contributed by atoms with Gasteiger partial charge in [-0.2, -0.15) is 0 Å². The fourth-order valence-corrected chi connectivity index (χ4v) is 10.0. The number of imidazole rings is 2. The first-order valence-corrected chi connectivity index (χ1v) is 18.4. The number of ether oxygens (including phenoxy) is 1. The van der Waals surface area contributed by atoms with E-state index in [9.17, 15) is 19.5 Å². The molecule has 2 saturated heterocycles. The number of anilines is 2. The molecule has 7 N–H and O–H groups in total. The number of nitrogen functional groups attached to an aromatic ring is 2. The van der Waals surface area contributed by atoms with Crippen LogP contribution in [-0.2, 0) is 34.7 Å². The van der Waals surface area contributed by atoms with Crippen molar-refractivity contribution in [3.63, 3.8) is 0 Å². The Morgan fingerprint density at radius 1 is 0.930 bits per heavy atom. The van der Waals surface area contributed by atoms with Crippen LogP contribution in [0.2, 0.25) is 0 Å². The smallest absolute Gasteiger partial charge is 0.387 e. The Morgan fingerprint density at radius 3 is 2.23 bits per heavy atom. The zero-order valence-electron chi connectivity index (χ0n) is 21.5. The Labute approximate surface area is 249 Å². The van der Waals surface area contributed by atoms with E-state index in [1.807, 2.05) is 0 Å². The third kappa shape index (κ3) is 5.11. The Balaban J connectivity index is 1.21. The van der Waals surface area contributed by atoms with Crippen molar-refractivity contribution in [2.75, 3.05) is 17.2 Å². The largest absolute Gasteiger partial charge is 0.388 e. The highest BCUT2D eigenvalue weighted by molar-refractivity contribution is 8.54. The number of aliphatic hydroxyl groups excluding tert-OH is 1. The zero-order valence-corrected chi connectivity index (χ0v) is 25.0. The first-order chi connectivity index (χ1) is 20.4. The lowest BCUT2D eigenvalue weighted by Crippen LogP contribution is -2.36. The summed E-state index contributed by atoms with van der Waals surface area (Å²) in [6, 6.07) is -0.867. The van der Waals surface area contributed by atoms with E-state index in [0.717, 1.165) is 0 Å². The fraction of sp³-hybridized carbons (Fsp3) is 0.500. The molecule has 0 amide bonds. The lowest BCUT2D eigenvalue weighted by Gasteiger charge is -2.30. The van der Waals surface area contributed by atoms with Crippen molar-refractivity contribution in [2.45, 2.75) is 55.4 Å². The molecule has 3 fully saturated rings. The highest BCUT2D eigenvalue weighted by atomic mass is 32.7. The summed E-state index contributed by atoms with van der Waals surface area (Å²) < 4.78 is 55.1. The quantitative estimate of drug-likeness (QED) is 0.182. The summed E-state index contributed by atoms with van der Waals surface area (Å²) >= 11 is 5.69. The second-order valence-corrected chi connectivity index (χ2v) is 16.6. The van der Waals surface area contributed by atoms with Gasteiger partial charge in [0.2, 0.25) is 0 Å². The molecule has 2 bridgehead atoms. The molecule has 2 aliphatic heterocycles. The molecule has 1 saturated carbocycles. The summed E-state index contributed by atoms with van der Waals surface area (Å²) in [5.41, 5.74) is 12.7. The molecule has 18 nitrogen and oxygen atoms in total. The number of hydrogen-bond acceptors (Lipinski definition) is 16. The van der Waals surface area contributed by atoms with Gasteiger partial charge in [0.25, 0.3) is 0 Å². The summed E-state index contributed by atoms with van der Waals surface area (Å²) in [5.74, 6) is -0.158. The number of nitrogens with two attached hydrogens (primary N) is 2. The number of nitrogens with zero attached hydrogens (tertiary/aromatic N) is 8. The van der Waals surface area contributed by atoms with Crippen LogP contribution < -0.4 is 11.5 Å². The van der Waals surface area contributed by atoms with E-state index in [0.29, 0.717) is 11.4 Å². The van der Waals surface area contributed by atoms with Crippen LogP contribution >= 0.6 is 24.9 Å². The highest BCUT2D eigenvalue weighted by Crippen LogP contribution is 2.62. The van der Waals surface area contributed by atoms with E-state index in [1.54, 1.807) is 0 Å². The number of alkyl halides is 1. The molecule has 6 heterocycles. The third-order valence-corrected chi connectivity index (χ3v) is 12.0. The van der Waals surface area contributed by atoms with Crippen molar-refractivity contribution < 1.29 is 42.2 Å². The van der Waals surface area contributed by atoms with Gasteiger partial charge in [0.1, 0.15) is 42.0 Å². The van der Waals surface area contributed by atoms with Crippen LogP contribution in [0.1, 0.15) is 18.7 Å². The first-order valence-electron chi connectivity index (χ1n) is 12.6.